The lowest BCUT2D eigenvalue weighted by Crippen LogP contribution is -2.19. The molecule has 20 heavy (non-hydrogen) atoms. The van der Waals surface area contributed by atoms with E-state index >= 15 is 0 Å². The normalized spacial score (nSPS) is 13.8. The molecule has 0 aromatic heterocycles. The molecule has 0 radical (unpaired) electrons. The summed E-state index contributed by atoms with van der Waals surface area (Å²) in [6, 6.07) is 0. The molecule has 0 aliphatic carbocycles. The number of unbranched alkanes of at least 4 members (excludes halogenated alkanes) is 2. The molecule has 0 saturated carbocycles. The second kappa shape index (κ2) is 10.5. The summed E-state index contributed by atoms with van der Waals surface area (Å²) in [5.74, 6) is -2.28. The Bertz CT molecular complexity index is 344. The van der Waals surface area contributed by atoms with E-state index in [-0.39, 0.29) is 17.1 Å². The highest BCUT2D eigenvalue weighted by molar-refractivity contribution is 5.99. The number of hydrogen-bond donors (Lipinski definition) is 2. The Kier molecular flexibility index (Phi) is 9.77. The van der Waals surface area contributed by atoms with Crippen LogP contribution in [0.25, 0.3) is 0 Å². The first kappa shape index (κ1) is 18.7. The number of rotatable bonds is 11. The molecule has 4 nitrogen and oxygen atoms in total. The van der Waals surface area contributed by atoms with Gasteiger partial charge in [-0.1, -0.05) is 46.5 Å². The van der Waals surface area contributed by atoms with Crippen LogP contribution >= 0.6 is 0 Å². The summed E-state index contributed by atoms with van der Waals surface area (Å²) in [6.45, 7) is 6.04. The largest absolute Gasteiger partial charge is 0.478 e. The third-order valence-corrected chi connectivity index (χ3v) is 3.55. The van der Waals surface area contributed by atoms with Gasteiger partial charge in [0.2, 0.25) is 0 Å². The Labute approximate surface area is 121 Å². The third-order valence-electron chi connectivity index (χ3n) is 3.55. The predicted molar refractivity (Wildman–Crippen MR) is 79.7 cm³/mol. The van der Waals surface area contributed by atoms with Crippen molar-refractivity contribution in [3.05, 3.63) is 11.1 Å². The molecule has 2 N–H and O–H groups in total. The molecule has 0 aliphatic rings. The quantitative estimate of drug-likeness (QED) is 0.556. The second-order valence-electron chi connectivity index (χ2n) is 5.23. The standard InChI is InChI=1S/C16H28O4/c1-4-7-10-12(9-6-3)14(16(19)20)13(15(17)18)11-8-5-2/h12H,4-11H2,1-3H3,(H,17,18)(H,19,20). The summed E-state index contributed by atoms with van der Waals surface area (Å²) >= 11 is 0. The second-order valence-corrected chi connectivity index (χ2v) is 5.23. The average molecular weight is 284 g/mol. The van der Waals surface area contributed by atoms with Crippen LogP contribution in [0.15, 0.2) is 11.1 Å². The van der Waals surface area contributed by atoms with Crippen LogP contribution in [0.3, 0.4) is 0 Å². The Morgan fingerprint density at radius 1 is 0.850 bits per heavy atom. The minimum absolute atomic E-state index is 0.105. The highest BCUT2D eigenvalue weighted by Crippen LogP contribution is 2.28. The number of carboxylic acid groups (broad SMARTS) is 2. The van der Waals surface area contributed by atoms with E-state index in [4.69, 9.17) is 0 Å². The molecule has 0 saturated heterocycles. The van der Waals surface area contributed by atoms with Gasteiger partial charge in [-0.2, -0.15) is 0 Å². The summed E-state index contributed by atoms with van der Waals surface area (Å²) in [5.41, 5.74) is 0.246. The first-order valence-corrected chi connectivity index (χ1v) is 7.69. The maximum Gasteiger partial charge on any atom is 0.332 e. The zero-order valence-corrected chi connectivity index (χ0v) is 12.9. The molecule has 0 fully saturated rings. The van der Waals surface area contributed by atoms with E-state index < -0.39 is 11.9 Å². The van der Waals surface area contributed by atoms with Gasteiger partial charge in [0.1, 0.15) is 0 Å². The van der Waals surface area contributed by atoms with Gasteiger partial charge in [0.15, 0.2) is 0 Å². The molecule has 4 heteroatoms. The van der Waals surface area contributed by atoms with Crippen molar-refractivity contribution in [1.82, 2.24) is 0 Å². The Morgan fingerprint density at radius 3 is 1.85 bits per heavy atom. The zero-order valence-electron chi connectivity index (χ0n) is 12.9. The monoisotopic (exact) mass is 284 g/mol. The van der Waals surface area contributed by atoms with Gasteiger partial charge in [0.25, 0.3) is 0 Å². The number of carbonyl (C=O) groups is 2. The zero-order chi connectivity index (χ0) is 15.5. The minimum atomic E-state index is -1.08. The summed E-state index contributed by atoms with van der Waals surface area (Å²) in [7, 11) is 0. The van der Waals surface area contributed by atoms with Crippen LogP contribution in [0.2, 0.25) is 0 Å². The lowest BCUT2D eigenvalue weighted by atomic mass is 9.85. The van der Waals surface area contributed by atoms with Crippen molar-refractivity contribution in [2.24, 2.45) is 5.92 Å². The molecule has 0 aliphatic heterocycles. The van der Waals surface area contributed by atoms with Gasteiger partial charge in [-0.3, -0.25) is 0 Å². The molecule has 116 valence electrons. The SMILES string of the molecule is CCCCC(C(=O)O)=C(C(=O)O)C(CCC)CCCC. The van der Waals surface area contributed by atoms with Crippen molar-refractivity contribution in [3.8, 4) is 0 Å². The lowest BCUT2D eigenvalue weighted by molar-refractivity contribution is -0.136. The molecule has 1 unspecified atom stereocenters. The van der Waals surface area contributed by atoms with Crippen LogP contribution in [0.4, 0.5) is 0 Å². The van der Waals surface area contributed by atoms with Crippen molar-refractivity contribution in [2.75, 3.05) is 0 Å². The fourth-order valence-corrected chi connectivity index (χ4v) is 2.49. The molecular formula is C16H28O4. The van der Waals surface area contributed by atoms with Crippen molar-refractivity contribution in [2.45, 2.75) is 72.1 Å². The Hall–Kier alpha value is -1.32. The van der Waals surface area contributed by atoms with Gasteiger partial charge in [0.05, 0.1) is 5.57 Å². The number of aliphatic carboxylic acids is 2. The molecule has 0 heterocycles. The van der Waals surface area contributed by atoms with E-state index in [0.717, 1.165) is 38.5 Å². The van der Waals surface area contributed by atoms with Crippen molar-refractivity contribution < 1.29 is 19.8 Å². The van der Waals surface area contributed by atoms with E-state index in [1.165, 1.54) is 0 Å². The van der Waals surface area contributed by atoms with E-state index in [1.807, 2.05) is 13.8 Å². The van der Waals surface area contributed by atoms with Crippen LogP contribution in [-0.2, 0) is 9.59 Å². The molecule has 0 amide bonds. The first-order valence-electron chi connectivity index (χ1n) is 7.69. The molecule has 0 rings (SSSR count). The van der Waals surface area contributed by atoms with Gasteiger partial charge in [0, 0.05) is 5.57 Å². The van der Waals surface area contributed by atoms with Crippen molar-refractivity contribution >= 4 is 11.9 Å². The highest BCUT2D eigenvalue weighted by Gasteiger charge is 2.26. The summed E-state index contributed by atoms with van der Waals surface area (Å²) in [6.07, 6.45) is 6.21. The maximum atomic E-state index is 11.6. The fourth-order valence-electron chi connectivity index (χ4n) is 2.49. The summed E-state index contributed by atoms with van der Waals surface area (Å²) < 4.78 is 0. The van der Waals surface area contributed by atoms with E-state index in [1.54, 1.807) is 0 Å². The first-order chi connectivity index (χ1) is 9.49. The van der Waals surface area contributed by atoms with Gasteiger partial charge < -0.3 is 10.2 Å². The molecular weight excluding hydrogens is 256 g/mol. The number of hydrogen-bond acceptors (Lipinski definition) is 2. The molecule has 0 aromatic rings. The van der Waals surface area contributed by atoms with Gasteiger partial charge in [-0.15, -0.1) is 0 Å². The molecule has 0 spiro atoms. The third kappa shape index (κ3) is 6.22. The van der Waals surface area contributed by atoms with Crippen LogP contribution in [0, 0.1) is 5.92 Å². The minimum Gasteiger partial charge on any atom is -0.478 e. The summed E-state index contributed by atoms with van der Waals surface area (Å²) in [4.78, 5) is 23.0. The van der Waals surface area contributed by atoms with E-state index in [0.29, 0.717) is 12.8 Å². The van der Waals surface area contributed by atoms with Gasteiger partial charge >= 0.3 is 11.9 Å². The summed E-state index contributed by atoms with van der Waals surface area (Å²) in [5, 5.41) is 18.8. The van der Waals surface area contributed by atoms with Crippen LogP contribution in [0.1, 0.15) is 72.1 Å². The van der Waals surface area contributed by atoms with Crippen LogP contribution < -0.4 is 0 Å². The Balaban J connectivity index is 5.47. The average Bonchev–Trinajstić information content (AvgIpc) is 2.39. The smallest absolute Gasteiger partial charge is 0.332 e. The van der Waals surface area contributed by atoms with Gasteiger partial charge in [-0.05, 0) is 31.6 Å². The lowest BCUT2D eigenvalue weighted by Gasteiger charge is -2.19. The highest BCUT2D eigenvalue weighted by atomic mass is 16.4. The van der Waals surface area contributed by atoms with E-state index in [9.17, 15) is 19.8 Å². The van der Waals surface area contributed by atoms with E-state index in [2.05, 4.69) is 6.92 Å². The topological polar surface area (TPSA) is 74.6 Å². The van der Waals surface area contributed by atoms with Crippen LogP contribution in [0.5, 0.6) is 0 Å². The maximum absolute atomic E-state index is 11.6. The number of carboxylic acids is 2. The molecule has 1 atom stereocenters. The van der Waals surface area contributed by atoms with Crippen LogP contribution in [-0.4, -0.2) is 22.2 Å². The fraction of sp³-hybridized carbons (Fsp3) is 0.750. The molecule has 0 bridgehead atoms. The van der Waals surface area contributed by atoms with Gasteiger partial charge in [-0.25, -0.2) is 9.59 Å². The van der Waals surface area contributed by atoms with Crippen molar-refractivity contribution in [1.29, 1.82) is 0 Å². The molecule has 0 aromatic carbocycles. The van der Waals surface area contributed by atoms with Crippen molar-refractivity contribution in [3.63, 3.8) is 0 Å². The Morgan fingerprint density at radius 2 is 1.45 bits per heavy atom. The predicted octanol–water partition coefficient (Wildman–Crippen LogP) is 4.25.